The van der Waals surface area contributed by atoms with Gasteiger partial charge in [-0.1, -0.05) is 42.5 Å². The van der Waals surface area contributed by atoms with Crippen molar-refractivity contribution in [3.05, 3.63) is 66.0 Å². The average molecular weight is 358 g/mol. The lowest BCUT2D eigenvalue weighted by Gasteiger charge is -2.34. The van der Waals surface area contributed by atoms with Gasteiger partial charge >= 0.3 is 0 Å². The summed E-state index contributed by atoms with van der Waals surface area (Å²) in [4.78, 5) is 15.6. The van der Waals surface area contributed by atoms with Gasteiger partial charge in [-0.15, -0.1) is 11.8 Å². The fourth-order valence-electron chi connectivity index (χ4n) is 3.11. The highest BCUT2D eigenvalue weighted by molar-refractivity contribution is 8.00. The maximum atomic E-state index is 14.1. The van der Waals surface area contributed by atoms with Gasteiger partial charge in [0.25, 0.3) is 0 Å². The van der Waals surface area contributed by atoms with E-state index in [1.54, 1.807) is 18.2 Å². The van der Waals surface area contributed by atoms with E-state index in [0.29, 0.717) is 10.9 Å². The molecule has 0 bridgehead atoms. The summed E-state index contributed by atoms with van der Waals surface area (Å²) in [5.74, 6) is -0.218. The molecular weight excluding hydrogens is 335 g/mol. The first-order valence-corrected chi connectivity index (χ1v) is 9.49. The van der Waals surface area contributed by atoms with E-state index in [0.717, 1.165) is 31.5 Å². The van der Waals surface area contributed by atoms with E-state index in [4.69, 9.17) is 0 Å². The van der Waals surface area contributed by atoms with Gasteiger partial charge in [-0.3, -0.25) is 4.79 Å². The molecule has 1 unspecified atom stereocenters. The fourth-order valence-corrected chi connectivity index (χ4v) is 4.25. The zero-order chi connectivity index (χ0) is 17.6. The minimum atomic E-state index is -0.427. The molecule has 3 nitrogen and oxygen atoms in total. The Hall–Kier alpha value is -1.85. The number of nitrogens with zero attached hydrogens (tertiary/aromatic N) is 1. The number of nitrogens with one attached hydrogen (secondary N) is 1. The number of thioether (sulfide) groups is 1. The van der Waals surface area contributed by atoms with Crippen molar-refractivity contribution in [1.82, 2.24) is 10.2 Å². The number of carbonyl (C=O) groups excluding carboxylic acids is 1. The zero-order valence-corrected chi connectivity index (χ0v) is 15.1. The number of hydrogen-bond donors (Lipinski definition) is 1. The van der Waals surface area contributed by atoms with E-state index in [1.807, 2.05) is 42.3 Å². The van der Waals surface area contributed by atoms with Gasteiger partial charge in [0.15, 0.2) is 0 Å². The Kier molecular flexibility index (Phi) is 6.10. The number of halogens is 1. The van der Waals surface area contributed by atoms with Crippen LogP contribution in [0.4, 0.5) is 4.39 Å². The van der Waals surface area contributed by atoms with Crippen molar-refractivity contribution in [2.24, 2.45) is 0 Å². The van der Waals surface area contributed by atoms with Crippen LogP contribution in [0.1, 0.15) is 23.7 Å². The molecule has 1 atom stereocenters. The van der Waals surface area contributed by atoms with Crippen LogP contribution in [0.5, 0.6) is 0 Å². The zero-order valence-electron chi connectivity index (χ0n) is 14.3. The van der Waals surface area contributed by atoms with Crippen molar-refractivity contribution in [1.29, 1.82) is 0 Å². The predicted octanol–water partition coefficient (Wildman–Crippen LogP) is 3.87. The first-order valence-electron chi connectivity index (χ1n) is 8.61. The third-order valence-electron chi connectivity index (χ3n) is 4.62. The lowest BCUT2D eigenvalue weighted by atomic mass is 10.0. The number of hydrogen-bond acceptors (Lipinski definition) is 3. The average Bonchev–Trinajstić information content (AvgIpc) is 2.67. The third kappa shape index (κ3) is 4.41. The first kappa shape index (κ1) is 18.0. The van der Waals surface area contributed by atoms with Crippen LogP contribution in [-0.2, 0) is 4.79 Å². The quantitative estimate of drug-likeness (QED) is 0.824. The number of piperidine rings is 1. The largest absolute Gasteiger partial charge is 0.341 e. The van der Waals surface area contributed by atoms with Crippen molar-refractivity contribution in [3.63, 3.8) is 0 Å². The Labute approximate surface area is 152 Å². The molecule has 0 saturated carbocycles. The lowest BCUT2D eigenvalue weighted by molar-refractivity contribution is -0.131. The van der Waals surface area contributed by atoms with Crippen LogP contribution in [0.25, 0.3) is 0 Å². The van der Waals surface area contributed by atoms with Crippen molar-refractivity contribution < 1.29 is 9.18 Å². The number of rotatable bonds is 5. The van der Waals surface area contributed by atoms with Gasteiger partial charge in [0.2, 0.25) is 5.91 Å². The van der Waals surface area contributed by atoms with Crippen LogP contribution >= 0.6 is 11.8 Å². The maximum absolute atomic E-state index is 14.1. The number of benzene rings is 2. The normalized spacial score (nSPS) is 16.6. The number of amides is 1. The maximum Gasteiger partial charge on any atom is 0.240 e. The smallest absolute Gasteiger partial charge is 0.240 e. The molecule has 1 aliphatic rings. The first-order chi connectivity index (χ1) is 12.2. The molecule has 0 radical (unpaired) electrons. The summed E-state index contributed by atoms with van der Waals surface area (Å²) in [5, 5.41) is 2.85. The molecule has 25 heavy (non-hydrogen) atoms. The number of likely N-dealkylation sites (tertiary alicyclic amines) is 1. The Balaban J connectivity index is 1.82. The lowest BCUT2D eigenvalue weighted by Crippen LogP contribution is -2.45. The molecule has 1 saturated heterocycles. The molecule has 0 aliphatic carbocycles. The summed E-state index contributed by atoms with van der Waals surface area (Å²) in [7, 11) is 1.96. The Bertz CT molecular complexity index is 702. The summed E-state index contributed by atoms with van der Waals surface area (Å²) >= 11 is 1.29. The minimum Gasteiger partial charge on any atom is -0.341 e. The molecule has 1 amide bonds. The van der Waals surface area contributed by atoms with Gasteiger partial charge < -0.3 is 10.2 Å². The van der Waals surface area contributed by atoms with Crippen LogP contribution in [-0.4, -0.2) is 37.0 Å². The van der Waals surface area contributed by atoms with Gasteiger partial charge in [0.1, 0.15) is 11.1 Å². The summed E-state index contributed by atoms with van der Waals surface area (Å²) in [6, 6.07) is 16.8. The Morgan fingerprint density at radius 1 is 1.12 bits per heavy atom. The highest BCUT2D eigenvalue weighted by Gasteiger charge is 2.30. The van der Waals surface area contributed by atoms with Crippen LogP contribution in [0, 0.1) is 5.82 Å². The Morgan fingerprint density at radius 2 is 1.76 bits per heavy atom. The molecule has 1 aliphatic heterocycles. The van der Waals surface area contributed by atoms with Crippen LogP contribution in [0.3, 0.4) is 0 Å². The summed E-state index contributed by atoms with van der Waals surface area (Å²) in [6.45, 7) is 1.48. The SMILES string of the molecule is CNC1CCN(C(=O)C(Sc2ccccc2F)c2ccccc2)CC1. The summed E-state index contributed by atoms with van der Waals surface area (Å²) in [5.41, 5.74) is 0.913. The molecular formula is C20H23FN2OS. The molecule has 132 valence electrons. The van der Waals surface area contributed by atoms with Crippen LogP contribution in [0.15, 0.2) is 59.5 Å². The molecule has 1 heterocycles. The van der Waals surface area contributed by atoms with Crippen molar-refractivity contribution in [3.8, 4) is 0 Å². The van der Waals surface area contributed by atoms with Gasteiger partial charge in [-0.25, -0.2) is 4.39 Å². The van der Waals surface area contributed by atoms with Gasteiger partial charge in [-0.05, 0) is 37.6 Å². The molecule has 3 rings (SSSR count). The summed E-state index contributed by atoms with van der Waals surface area (Å²) in [6.07, 6.45) is 1.90. The van der Waals surface area contributed by atoms with Crippen LogP contribution < -0.4 is 5.32 Å². The van der Waals surface area contributed by atoms with E-state index >= 15 is 0 Å². The van der Waals surface area contributed by atoms with Crippen molar-refractivity contribution >= 4 is 17.7 Å². The Morgan fingerprint density at radius 3 is 2.40 bits per heavy atom. The molecule has 1 N–H and O–H groups in total. The molecule has 2 aromatic carbocycles. The molecule has 5 heteroatoms. The van der Waals surface area contributed by atoms with Gasteiger partial charge in [0, 0.05) is 24.0 Å². The van der Waals surface area contributed by atoms with E-state index in [9.17, 15) is 9.18 Å². The highest BCUT2D eigenvalue weighted by Crippen LogP contribution is 2.38. The van der Waals surface area contributed by atoms with Crippen molar-refractivity contribution in [2.45, 2.75) is 29.0 Å². The minimum absolute atomic E-state index is 0.0639. The summed E-state index contributed by atoms with van der Waals surface area (Å²) < 4.78 is 14.1. The fraction of sp³-hybridized carbons (Fsp3) is 0.350. The van der Waals surface area contributed by atoms with Crippen molar-refractivity contribution in [2.75, 3.05) is 20.1 Å². The molecule has 1 fully saturated rings. The van der Waals surface area contributed by atoms with E-state index in [-0.39, 0.29) is 11.7 Å². The van der Waals surface area contributed by atoms with Gasteiger partial charge in [-0.2, -0.15) is 0 Å². The van der Waals surface area contributed by atoms with Gasteiger partial charge in [0.05, 0.1) is 0 Å². The standard InChI is InChI=1S/C20H23FN2OS/c1-22-16-11-13-23(14-12-16)20(24)19(15-7-3-2-4-8-15)25-18-10-6-5-9-17(18)21/h2-10,16,19,22H,11-14H2,1H3. The second kappa shape index (κ2) is 8.50. The monoisotopic (exact) mass is 358 g/mol. The predicted molar refractivity (Wildman–Crippen MR) is 100 cm³/mol. The topological polar surface area (TPSA) is 32.3 Å². The second-order valence-electron chi connectivity index (χ2n) is 6.23. The third-order valence-corrected chi connectivity index (χ3v) is 5.92. The number of carbonyl (C=O) groups is 1. The molecule has 0 aromatic heterocycles. The van der Waals surface area contributed by atoms with E-state index < -0.39 is 5.25 Å². The van der Waals surface area contributed by atoms with Crippen LogP contribution in [0.2, 0.25) is 0 Å². The second-order valence-corrected chi connectivity index (χ2v) is 7.37. The highest BCUT2D eigenvalue weighted by atomic mass is 32.2. The molecule has 2 aromatic rings. The van der Waals surface area contributed by atoms with E-state index in [1.165, 1.54) is 17.8 Å². The van der Waals surface area contributed by atoms with E-state index in [2.05, 4.69) is 5.32 Å². The molecule has 0 spiro atoms.